The van der Waals surface area contributed by atoms with Gasteiger partial charge in [0.2, 0.25) is 0 Å². The van der Waals surface area contributed by atoms with Crippen LogP contribution in [0.15, 0.2) is 340 Å². The van der Waals surface area contributed by atoms with Gasteiger partial charge in [0.15, 0.2) is 0 Å². The zero-order valence-electron chi connectivity index (χ0n) is 50.8. The Morgan fingerprint density at radius 2 is 0.457 bits per heavy atom. The first-order chi connectivity index (χ1) is 46.0. The third-order valence-corrected chi connectivity index (χ3v) is 21.6. The highest BCUT2D eigenvalue weighted by Crippen LogP contribution is 2.47. The molecule has 452 valence electrons. The van der Waals surface area contributed by atoms with E-state index >= 15 is 0 Å². The quantitative estimate of drug-likeness (QED) is 0.130. The van der Waals surface area contributed by atoms with Crippen LogP contribution in [0.3, 0.4) is 0 Å². The fourth-order valence-electron chi connectivity index (χ4n) is 12.5. The first-order valence-electron chi connectivity index (χ1n) is 30.9. The second-order valence-electron chi connectivity index (χ2n) is 22.6. The molecule has 0 saturated carbocycles. The Morgan fingerprint density at radius 1 is 0.202 bits per heavy atom. The topological polar surface area (TPSA) is 21.8 Å². The van der Waals surface area contributed by atoms with Crippen molar-refractivity contribution in [2.24, 2.45) is 0 Å². The molecule has 0 bridgehead atoms. The van der Waals surface area contributed by atoms with E-state index in [1.54, 1.807) is 11.3 Å². The fourth-order valence-corrected chi connectivity index (χ4v) is 17.1. The van der Waals surface area contributed by atoms with Gasteiger partial charge in [0.05, 0.1) is 0 Å². The summed E-state index contributed by atoms with van der Waals surface area (Å²) in [5, 5.41) is 14.4. The smallest absolute Gasteiger partial charge is 0.0476 e. The van der Waals surface area contributed by atoms with E-state index in [0.29, 0.717) is 0 Å². The van der Waals surface area contributed by atoms with Crippen LogP contribution < -0.4 is 20.0 Å². The van der Waals surface area contributed by atoms with Crippen LogP contribution in [-0.2, 0) is 0 Å². The van der Waals surface area contributed by atoms with Crippen LogP contribution in [0, 0.1) is 0 Å². The van der Waals surface area contributed by atoms with Gasteiger partial charge >= 0.3 is 0 Å². The summed E-state index contributed by atoms with van der Waals surface area (Å²) in [6, 6.07) is 121. The number of nitrogens with one attached hydrogen (secondary N) is 1. The molecule has 0 unspecified atom stereocenters. The van der Waals surface area contributed by atoms with Crippen molar-refractivity contribution in [2.75, 3.05) is 20.0 Å². The number of hydrogen-bond donors (Lipinski definition) is 1. The number of rotatable bonds is 11. The zero-order chi connectivity index (χ0) is 62.0. The van der Waals surface area contributed by atoms with E-state index in [-0.39, 0.29) is 9.90 Å². The van der Waals surface area contributed by atoms with Gasteiger partial charge in [-0.3, -0.25) is 0 Å². The molecular weight excluding hydrogens is 1260 g/mol. The number of nitrogens with zero attached hydrogens (tertiary/aromatic N) is 3. The molecule has 0 saturated heterocycles. The highest BCUT2D eigenvalue weighted by molar-refractivity contribution is 7.27. The van der Waals surface area contributed by atoms with Gasteiger partial charge in [-0.05, 0) is 182 Å². The third kappa shape index (κ3) is 12.2. The molecule has 4 nitrogen and oxygen atoms in total. The van der Waals surface area contributed by atoms with Crippen molar-refractivity contribution in [1.29, 1.82) is 0 Å². The minimum absolute atomic E-state index is 0. The first kappa shape index (κ1) is 60.1. The van der Waals surface area contributed by atoms with Gasteiger partial charge in [0.1, 0.15) is 0 Å². The molecule has 0 atom stereocenters. The van der Waals surface area contributed by atoms with Crippen LogP contribution in [0.2, 0.25) is 5.02 Å². The maximum Gasteiger partial charge on any atom is 0.0476 e. The molecule has 4 heterocycles. The van der Waals surface area contributed by atoms with E-state index in [2.05, 4.69) is 293 Å². The summed E-state index contributed by atoms with van der Waals surface area (Å²) in [5.41, 5.74) is 12.6. The Labute approximate surface area is 570 Å². The Kier molecular flexibility index (Phi) is 17.2. The number of fused-ring (bicyclic) bond motifs is 12. The number of halogens is 1. The lowest BCUT2D eigenvalue weighted by Gasteiger charge is -2.26. The van der Waals surface area contributed by atoms with Gasteiger partial charge in [0, 0.05) is 148 Å². The van der Waals surface area contributed by atoms with Crippen molar-refractivity contribution in [1.82, 2.24) is 0 Å². The van der Waals surface area contributed by atoms with Gasteiger partial charge < -0.3 is 29.9 Å². The second-order valence-corrected chi connectivity index (χ2v) is 27.4. The largest absolute Gasteiger partial charge is 0.577 e. The maximum atomic E-state index is 6.27. The van der Waals surface area contributed by atoms with Crippen molar-refractivity contribution in [3.05, 3.63) is 345 Å². The SMILES string of the molecule is Clc1ccc2c(c1)sc1ccc(N(c3ccccc3)c3ccc4sc5ccccc5c4c3)cc12.[PH2-].c1ccc(N(c2ccccc2)c2ccc3c(c2)sc2ccc(N(c4ccccc4)c4ccc5sc6ccccc6c5c4)cc23)cc1.c1ccc(Nc2ccccc2)cc1. The summed E-state index contributed by atoms with van der Waals surface area (Å²) in [6.45, 7) is 0. The number of hydrogen-bond acceptors (Lipinski definition) is 8. The summed E-state index contributed by atoms with van der Waals surface area (Å²) in [6.07, 6.45) is 0. The van der Waals surface area contributed by atoms with Crippen molar-refractivity contribution in [3.63, 3.8) is 0 Å². The summed E-state index contributed by atoms with van der Waals surface area (Å²) in [5.74, 6) is 0. The molecule has 0 spiro atoms. The molecule has 94 heavy (non-hydrogen) atoms. The standard InChI is InChI=1S/C42H28N2S2.C30H18ClNS2.C12H11N.H2P/c1-4-12-29(13-5-1)43(30-14-6-2-7-15-30)34-20-23-36-38-27-33(22-25-41(38)46-42(36)28-34)44(31-16-8-3-9-17-31)32-21-24-40-37(26-32)35-18-10-11-19-39(35)45-40;31-19-10-13-24-26-18-22(12-15-29(26)34-30(24)16-19)32(20-6-2-1-3-7-20)21-11-14-28-25(17-21)23-8-4-5-9-27(23)33-28;1-3-7-11(8-4-1)13-12-9-5-2-6-10-12;/h1-28H;1-18H;1-10,13H;1H2/q;;;-1. The van der Waals surface area contributed by atoms with Gasteiger partial charge in [-0.2, -0.15) is 0 Å². The highest BCUT2D eigenvalue weighted by atomic mass is 35.5. The van der Waals surface area contributed by atoms with Crippen molar-refractivity contribution in [2.45, 2.75) is 0 Å². The minimum atomic E-state index is 0. The van der Waals surface area contributed by atoms with E-state index in [0.717, 1.165) is 67.6 Å². The Morgan fingerprint density at radius 3 is 0.830 bits per heavy atom. The molecule has 10 heteroatoms. The molecule has 18 aromatic rings. The van der Waals surface area contributed by atoms with Crippen molar-refractivity contribution in [3.8, 4) is 0 Å². The second kappa shape index (κ2) is 26.8. The van der Waals surface area contributed by atoms with Gasteiger partial charge in [0.25, 0.3) is 0 Å². The van der Waals surface area contributed by atoms with Crippen molar-refractivity contribution >= 4 is 210 Å². The molecule has 4 aromatic heterocycles. The Balaban J connectivity index is 0.000000133. The maximum absolute atomic E-state index is 6.27. The Bertz CT molecular complexity index is 5570. The average Bonchev–Trinajstić information content (AvgIpc) is 1.59. The first-order valence-corrected chi connectivity index (χ1v) is 34.5. The molecule has 0 amide bonds. The van der Waals surface area contributed by atoms with Gasteiger partial charge in [-0.15, -0.1) is 45.3 Å². The van der Waals surface area contributed by atoms with Crippen LogP contribution >= 0.6 is 66.8 Å². The molecule has 1 N–H and O–H groups in total. The Hall–Kier alpha value is -10.1. The van der Waals surface area contributed by atoms with E-state index < -0.39 is 0 Å². The van der Waals surface area contributed by atoms with E-state index in [1.807, 2.05) is 101 Å². The normalized spacial score (nSPS) is 11.2. The third-order valence-electron chi connectivity index (χ3n) is 16.8. The zero-order valence-corrected chi connectivity index (χ0v) is 55.9. The van der Waals surface area contributed by atoms with E-state index in [4.69, 9.17) is 11.6 Å². The molecule has 14 aromatic carbocycles. The lowest BCUT2D eigenvalue weighted by Crippen LogP contribution is -2.09. The molecule has 0 aliphatic rings. The monoisotopic (exact) mass is 1320 g/mol. The highest BCUT2D eigenvalue weighted by Gasteiger charge is 2.20. The van der Waals surface area contributed by atoms with Gasteiger partial charge in [-0.1, -0.05) is 169 Å². The number of benzene rings is 14. The molecular formula is C84H59ClN4PS4-. The molecule has 0 fully saturated rings. The summed E-state index contributed by atoms with van der Waals surface area (Å²) >= 11 is 13.6. The predicted octanol–water partition coefficient (Wildman–Crippen LogP) is 27.7. The van der Waals surface area contributed by atoms with Crippen molar-refractivity contribution < 1.29 is 0 Å². The van der Waals surface area contributed by atoms with E-state index in [1.165, 1.54) is 80.7 Å². The molecule has 0 aliphatic heterocycles. The lowest BCUT2D eigenvalue weighted by atomic mass is 10.1. The van der Waals surface area contributed by atoms with Crippen LogP contribution in [0.5, 0.6) is 0 Å². The summed E-state index contributed by atoms with van der Waals surface area (Å²) in [7, 11) is 0. The van der Waals surface area contributed by atoms with Crippen LogP contribution in [0.4, 0.5) is 62.6 Å². The van der Waals surface area contributed by atoms with E-state index in [9.17, 15) is 0 Å². The number of anilines is 11. The van der Waals surface area contributed by atoms with Crippen LogP contribution in [-0.4, -0.2) is 0 Å². The molecule has 0 radical (unpaired) electrons. The lowest BCUT2D eigenvalue weighted by molar-refractivity contribution is 1.29. The molecule has 0 aliphatic carbocycles. The summed E-state index contributed by atoms with van der Waals surface area (Å²) < 4.78 is 10.3. The minimum Gasteiger partial charge on any atom is -0.577 e. The van der Waals surface area contributed by atoms with Crippen LogP contribution in [0.1, 0.15) is 0 Å². The average molecular weight is 1320 g/mol. The number of para-hydroxylation sites is 6. The molecule has 18 rings (SSSR count). The fraction of sp³-hybridized carbons (Fsp3) is 0. The number of thiophene rings is 4. The van der Waals surface area contributed by atoms with Gasteiger partial charge in [-0.25, -0.2) is 0 Å². The summed E-state index contributed by atoms with van der Waals surface area (Å²) in [4.78, 5) is 7.07. The predicted molar refractivity (Wildman–Crippen MR) is 419 cm³/mol. The van der Waals surface area contributed by atoms with Crippen LogP contribution in [0.25, 0.3) is 80.7 Å².